The molecule has 0 N–H and O–H groups in total. The van der Waals surface area contributed by atoms with Crippen LogP contribution in [-0.2, 0) is 19.0 Å². The Bertz CT molecular complexity index is 329. The number of ether oxygens (including phenoxy) is 1. The van der Waals surface area contributed by atoms with Gasteiger partial charge in [0.1, 0.15) is 0 Å². The molecule has 1 heterocycles. The smallest absolute Gasteiger partial charge is 0.465 e. The molecule has 0 radical (unpaired) electrons. The Balaban J connectivity index is 2.73. The van der Waals surface area contributed by atoms with Crippen molar-refractivity contribution < 1.29 is 30.5 Å². The van der Waals surface area contributed by atoms with E-state index in [1.165, 1.54) is 0 Å². The van der Waals surface area contributed by atoms with Crippen LogP contribution in [0.2, 0.25) is 0 Å². The number of hydrogen-bond acceptors (Lipinski definition) is 4. The van der Waals surface area contributed by atoms with Crippen molar-refractivity contribution in [2.24, 2.45) is 0 Å². The molecule has 0 unspecified atom stereocenters. The van der Waals surface area contributed by atoms with Crippen molar-refractivity contribution in [1.29, 1.82) is 0 Å². The van der Waals surface area contributed by atoms with Crippen LogP contribution in [-0.4, -0.2) is 20.5 Å². The Morgan fingerprint density at radius 3 is 2.50 bits per heavy atom. The number of hydrogen-bond donors (Lipinski definition) is 0. The molecule has 0 atom stereocenters. The molecule has 0 aliphatic carbocycles. The Morgan fingerprint density at radius 2 is 2.07 bits per heavy atom. The minimum Gasteiger partial charge on any atom is -0.465 e. The van der Waals surface area contributed by atoms with Gasteiger partial charge in [-0.2, -0.15) is 21.6 Å². The first kappa shape index (κ1) is 11.2. The highest BCUT2D eigenvalue weighted by molar-refractivity contribution is 7.87. The maximum Gasteiger partial charge on any atom is 0.534 e. The largest absolute Gasteiger partial charge is 0.534 e. The van der Waals surface area contributed by atoms with Crippen LogP contribution in [0.25, 0.3) is 0 Å². The second-order valence-electron chi connectivity index (χ2n) is 2.50. The summed E-state index contributed by atoms with van der Waals surface area (Å²) in [6, 6.07) is 0. The molecule has 0 amide bonds. The second-order valence-corrected chi connectivity index (χ2v) is 4.03. The fourth-order valence-corrected chi connectivity index (χ4v) is 1.18. The van der Waals surface area contributed by atoms with Crippen LogP contribution in [0.4, 0.5) is 13.2 Å². The van der Waals surface area contributed by atoms with Gasteiger partial charge in [-0.1, -0.05) is 0 Å². The lowest BCUT2D eigenvalue weighted by Crippen LogP contribution is -2.26. The molecule has 82 valence electrons. The fraction of sp³-hybridized carbons (Fsp3) is 0.667. The van der Waals surface area contributed by atoms with Crippen LogP contribution in [0.1, 0.15) is 12.8 Å². The van der Waals surface area contributed by atoms with Gasteiger partial charge in [0, 0.05) is 0 Å². The van der Waals surface area contributed by atoms with Crippen molar-refractivity contribution in [3.63, 3.8) is 0 Å². The van der Waals surface area contributed by atoms with Crippen molar-refractivity contribution in [3.8, 4) is 0 Å². The van der Waals surface area contributed by atoms with Gasteiger partial charge in [0.25, 0.3) is 5.95 Å². The summed E-state index contributed by atoms with van der Waals surface area (Å²) in [6.45, 7) is 0.152. The Hall–Kier alpha value is -0.920. The van der Waals surface area contributed by atoms with Crippen LogP contribution >= 0.6 is 0 Å². The molecule has 0 aromatic rings. The van der Waals surface area contributed by atoms with Crippen LogP contribution in [0.15, 0.2) is 12.0 Å². The molecular weight excluding hydrogens is 225 g/mol. The van der Waals surface area contributed by atoms with Gasteiger partial charge in [-0.3, -0.25) is 0 Å². The first-order valence-electron chi connectivity index (χ1n) is 3.66. The third-order valence-corrected chi connectivity index (χ3v) is 2.33. The van der Waals surface area contributed by atoms with E-state index in [4.69, 9.17) is 0 Å². The molecule has 0 saturated heterocycles. The van der Waals surface area contributed by atoms with E-state index in [1.54, 1.807) is 0 Å². The maximum atomic E-state index is 11.8. The molecular formula is C6H7F3O4S. The summed E-state index contributed by atoms with van der Waals surface area (Å²) >= 11 is 0. The first-order chi connectivity index (χ1) is 6.33. The monoisotopic (exact) mass is 232 g/mol. The minimum absolute atomic E-state index is 0.152. The Kier molecular flexibility index (Phi) is 2.93. The lowest BCUT2D eigenvalue weighted by molar-refractivity contribution is -0.0567. The van der Waals surface area contributed by atoms with Crippen molar-refractivity contribution >= 4 is 10.1 Å². The summed E-state index contributed by atoms with van der Waals surface area (Å²) < 4.78 is 64.6. The van der Waals surface area contributed by atoms with E-state index in [9.17, 15) is 21.6 Å². The second kappa shape index (κ2) is 3.68. The number of allylic oxidation sites excluding steroid dienone is 1. The van der Waals surface area contributed by atoms with Crippen LogP contribution < -0.4 is 0 Å². The molecule has 4 nitrogen and oxygen atoms in total. The number of halogens is 3. The van der Waals surface area contributed by atoms with Crippen LogP contribution in [0, 0.1) is 0 Å². The third-order valence-electron chi connectivity index (χ3n) is 1.38. The van der Waals surface area contributed by atoms with Gasteiger partial charge in [0.2, 0.25) is 0 Å². The molecule has 0 spiro atoms. The lowest BCUT2D eigenvalue weighted by atomic mass is 10.3. The Labute approximate surface area is 78.4 Å². The first-order valence-corrected chi connectivity index (χ1v) is 5.07. The summed E-state index contributed by atoms with van der Waals surface area (Å²) in [5, 5.41) is 0. The summed E-state index contributed by atoms with van der Waals surface area (Å²) in [7, 11) is -5.59. The highest BCUT2D eigenvalue weighted by Gasteiger charge is 2.49. The molecule has 8 heteroatoms. The molecule has 1 aliphatic heterocycles. The molecule has 1 aliphatic rings. The Morgan fingerprint density at radius 1 is 1.43 bits per heavy atom. The molecule has 0 bridgehead atoms. The van der Waals surface area contributed by atoms with Gasteiger partial charge < -0.3 is 8.92 Å². The summed E-state index contributed by atoms with van der Waals surface area (Å²) in [5.41, 5.74) is -5.42. The lowest BCUT2D eigenvalue weighted by Gasteiger charge is -2.15. The highest BCUT2D eigenvalue weighted by atomic mass is 32.2. The van der Waals surface area contributed by atoms with Crippen LogP contribution in [0.5, 0.6) is 0 Å². The molecule has 0 aromatic carbocycles. The molecule has 0 fully saturated rings. The average Bonchev–Trinajstić information content (AvgIpc) is 2.03. The molecule has 14 heavy (non-hydrogen) atoms. The van der Waals surface area contributed by atoms with Gasteiger partial charge >= 0.3 is 15.6 Å². The molecule has 1 rings (SSSR count). The standard InChI is InChI=1S/C6H7F3O4S/c7-6(8,9)14(10,11)13-5-3-1-2-4-12-5/h3H,1-2,4H2. The van der Waals surface area contributed by atoms with E-state index in [2.05, 4.69) is 8.92 Å². The number of alkyl halides is 3. The summed E-state index contributed by atoms with van der Waals surface area (Å²) in [4.78, 5) is 0. The topological polar surface area (TPSA) is 52.6 Å². The van der Waals surface area contributed by atoms with E-state index < -0.39 is 21.6 Å². The van der Waals surface area contributed by atoms with Crippen LogP contribution in [0.3, 0.4) is 0 Å². The van der Waals surface area contributed by atoms with Crippen molar-refractivity contribution in [1.82, 2.24) is 0 Å². The van der Waals surface area contributed by atoms with Crippen molar-refractivity contribution in [2.75, 3.05) is 6.61 Å². The normalized spacial score (nSPS) is 18.4. The quantitative estimate of drug-likeness (QED) is 0.534. The predicted octanol–water partition coefficient (Wildman–Crippen LogP) is 1.50. The van der Waals surface area contributed by atoms with Gasteiger partial charge in [0.15, 0.2) is 0 Å². The predicted molar refractivity (Wildman–Crippen MR) is 39.3 cm³/mol. The van der Waals surface area contributed by atoms with Gasteiger partial charge in [-0.25, -0.2) is 0 Å². The fourth-order valence-electron chi connectivity index (χ4n) is 0.748. The minimum atomic E-state index is -5.59. The zero-order chi connectivity index (χ0) is 10.8. The van der Waals surface area contributed by atoms with E-state index in [0.29, 0.717) is 12.8 Å². The van der Waals surface area contributed by atoms with E-state index >= 15 is 0 Å². The third kappa shape index (κ3) is 2.53. The SMILES string of the molecule is O=S(=O)(OC1=CCCCO1)C(F)(F)F. The molecule has 0 aromatic heterocycles. The van der Waals surface area contributed by atoms with E-state index in [1.807, 2.05) is 0 Å². The van der Waals surface area contributed by atoms with Gasteiger partial charge in [-0.05, 0) is 18.9 Å². The zero-order valence-electron chi connectivity index (χ0n) is 6.87. The van der Waals surface area contributed by atoms with E-state index in [0.717, 1.165) is 6.08 Å². The summed E-state index contributed by atoms with van der Waals surface area (Å²) in [6.07, 6.45) is 2.22. The highest BCUT2D eigenvalue weighted by Crippen LogP contribution is 2.27. The van der Waals surface area contributed by atoms with Gasteiger partial charge in [-0.15, -0.1) is 0 Å². The van der Waals surface area contributed by atoms with E-state index in [-0.39, 0.29) is 6.61 Å². The number of rotatable bonds is 2. The average molecular weight is 232 g/mol. The van der Waals surface area contributed by atoms with Crippen molar-refractivity contribution in [2.45, 2.75) is 18.3 Å². The van der Waals surface area contributed by atoms with Gasteiger partial charge in [0.05, 0.1) is 6.61 Å². The zero-order valence-corrected chi connectivity index (χ0v) is 7.69. The van der Waals surface area contributed by atoms with Crippen molar-refractivity contribution in [3.05, 3.63) is 12.0 Å². The molecule has 0 saturated carbocycles. The maximum absolute atomic E-state index is 11.8. The summed E-state index contributed by atoms with van der Waals surface area (Å²) in [5.74, 6) is -0.603.